The molecule has 1 spiro atoms. The van der Waals surface area contributed by atoms with Crippen LogP contribution >= 0.6 is 0 Å². The summed E-state index contributed by atoms with van der Waals surface area (Å²) in [5, 5.41) is 3.31. The number of pyridine rings is 1. The molecule has 0 aliphatic carbocycles. The normalized spacial score (nSPS) is 23.6. The fraction of sp³-hybridized carbons (Fsp3) is 0.250. The van der Waals surface area contributed by atoms with E-state index in [-0.39, 0.29) is 5.60 Å². The van der Waals surface area contributed by atoms with Crippen LogP contribution in [0.15, 0.2) is 47.6 Å². The number of rotatable bonds is 1. The monoisotopic (exact) mass is 265 g/mol. The van der Waals surface area contributed by atoms with E-state index in [1.165, 1.54) is 0 Å². The van der Waals surface area contributed by atoms with Gasteiger partial charge in [0.25, 0.3) is 0 Å². The van der Waals surface area contributed by atoms with Crippen LogP contribution < -0.4 is 10.1 Å². The van der Waals surface area contributed by atoms with Gasteiger partial charge in [0.2, 0.25) is 5.88 Å². The lowest BCUT2D eigenvalue weighted by atomic mass is 10.0. The van der Waals surface area contributed by atoms with Crippen molar-refractivity contribution in [2.45, 2.75) is 12.0 Å². The molecule has 4 nitrogen and oxygen atoms in total. The average Bonchev–Trinajstić information content (AvgIpc) is 2.96. The summed E-state index contributed by atoms with van der Waals surface area (Å²) >= 11 is 0. The topological polar surface area (TPSA) is 46.5 Å². The lowest BCUT2D eigenvalue weighted by molar-refractivity contribution is 0.157. The molecule has 4 heteroatoms. The van der Waals surface area contributed by atoms with E-state index < -0.39 is 0 Å². The zero-order valence-corrected chi connectivity index (χ0v) is 11.0. The zero-order valence-electron chi connectivity index (χ0n) is 11.0. The Bertz CT molecular complexity index is 661. The molecule has 1 N–H and O–H groups in total. The summed E-state index contributed by atoms with van der Waals surface area (Å²) in [6.07, 6.45) is 4.72. The van der Waals surface area contributed by atoms with E-state index in [0.717, 1.165) is 36.3 Å². The first-order valence-corrected chi connectivity index (χ1v) is 6.85. The lowest BCUT2D eigenvalue weighted by Gasteiger charge is -2.28. The van der Waals surface area contributed by atoms with Gasteiger partial charge in [-0.05, 0) is 18.2 Å². The van der Waals surface area contributed by atoms with Crippen LogP contribution in [0.3, 0.4) is 0 Å². The molecule has 3 heterocycles. The van der Waals surface area contributed by atoms with Crippen LogP contribution in [0.25, 0.3) is 11.1 Å². The van der Waals surface area contributed by atoms with Crippen LogP contribution in [0.2, 0.25) is 0 Å². The van der Waals surface area contributed by atoms with Gasteiger partial charge in [0, 0.05) is 24.7 Å². The maximum atomic E-state index is 6.05. The van der Waals surface area contributed by atoms with Gasteiger partial charge in [-0.1, -0.05) is 30.3 Å². The lowest BCUT2D eigenvalue weighted by Crippen LogP contribution is -2.41. The number of fused-ring (bicyclic) bond motifs is 1. The number of benzene rings is 1. The van der Waals surface area contributed by atoms with E-state index in [1.807, 2.05) is 36.7 Å². The van der Waals surface area contributed by atoms with E-state index >= 15 is 0 Å². The van der Waals surface area contributed by atoms with Gasteiger partial charge in [-0.3, -0.25) is 4.99 Å². The van der Waals surface area contributed by atoms with Crippen molar-refractivity contribution in [2.75, 3.05) is 13.1 Å². The molecule has 1 unspecified atom stereocenters. The Morgan fingerprint density at radius 3 is 2.85 bits per heavy atom. The molecule has 0 bridgehead atoms. The Morgan fingerprint density at radius 2 is 2.05 bits per heavy atom. The van der Waals surface area contributed by atoms with E-state index in [2.05, 4.69) is 27.4 Å². The summed E-state index contributed by atoms with van der Waals surface area (Å²) in [5.74, 6) is 0.635. The van der Waals surface area contributed by atoms with Gasteiger partial charge in [0.15, 0.2) is 5.60 Å². The first-order valence-electron chi connectivity index (χ1n) is 6.85. The third-order valence-corrected chi connectivity index (χ3v) is 3.83. The van der Waals surface area contributed by atoms with Crippen LogP contribution in [0.1, 0.15) is 6.42 Å². The molecule has 100 valence electrons. The van der Waals surface area contributed by atoms with Crippen molar-refractivity contribution < 1.29 is 4.74 Å². The van der Waals surface area contributed by atoms with E-state index in [0.29, 0.717) is 5.88 Å². The molecule has 0 saturated carbocycles. The highest BCUT2D eigenvalue weighted by Gasteiger charge is 2.37. The van der Waals surface area contributed by atoms with Gasteiger partial charge < -0.3 is 10.1 Å². The second-order valence-corrected chi connectivity index (χ2v) is 5.27. The van der Waals surface area contributed by atoms with Gasteiger partial charge in [0.05, 0.1) is 6.21 Å². The second kappa shape index (κ2) is 4.42. The molecule has 1 fully saturated rings. The fourth-order valence-corrected chi connectivity index (χ4v) is 2.69. The van der Waals surface area contributed by atoms with Crippen LogP contribution in [-0.4, -0.2) is 29.9 Å². The molecule has 1 aromatic carbocycles. The maximum Gasteiger partial charge on any atom is 0.240 e. The number of nitrogens with one attached hydrogen (secondary N) is 1. The van der Waals surface area contributed by atoms with Crippen LogP contribution in [0.5, 0.6) is 5.88 Å². The second-order valence-electron chi connectivity index (χ2n) is 5.27. The summed E-state index contributed by atoms with van der Waals surface area (Å²) in [6, 6.07) is 12.2. The Morgan fingerprint density at radius 1 is 1.15 bits per heavy atom. The quantitative estimate of drug-likeness (QED) is 0.862. The van der Waals surface area contributed by atoms with Crippen LogP contribution in [-0.2, 0) is 0 Å². The molecule has 2 aliphatic rings. The molecular formula is C16H15N3O. The highest BCUT2D eigenvalue weighted by atomic mass is 16.5. The van der Waals surface area contributed by atoms with E-state index in [1.54, 1.807) is 0 Å². The number of hydrogen-bond acceptors (Lipinski definition) is 4. The van der Waals surface area contributed by atoms with Gasteiger partial charge in [-0.2, -0.15) is 0 Å². The molecule has 20 heavy (non-hydrogen) atoms. The SMILES string of the molecule is C1=Nc2cc(-c3ccccc3)cnc2OC12CCNC2. The van der Waals surface area contributed by atoms with Crippen molar-refractivity contribution in [1.82, 2.24) is 10.3 Å². The molecule has 1 aromatic heterocycles. The average molecular weight is 265 g/mol. The molecule has 1 saturated heterocycles. The largest absolute Gasteiger partial charge is 0.462 e. The molecular weight excluding hydrogens is 250 g/mol. The number of hydrogen-bond donors (Lipinski definition) is 1. The Balaban J connectivity index is 1.71. The van der Waals surface area contributed by atoms with Gasteiger partial charge in [-0.15, -0.1) is 0 Å². The van der Waals surface area contributed by atoms with Crippen LogP contribution in [0, 0.1) is 0 Å². The Hall–Kier alpha value is -2.20. The van der Waals surface area contributed by atoms with Crippen molar-refractivity contribution in [3.63, 3.8) is 0 Å². The minimum atomic E-state index is -0.297. The first kappa shape index (κ1) is 11.6. The molecule has 1 atom stereocenters. The summed E-state index contributed by atoms with van der Waals surface area (Å²) < 4.78 is 6.05. The predicted octanol–water partition coefficient (Wildman–Crippen LogP) is 2.58. The standard InChI is InChI=1S/C16H15N3O/c1-2-4-12(5-3-1)13-8-14-15(18-9-13)20-16(11-19-14)6-7-17-10-16/h1-5,8-9,11,17H,6-7,10H2. The Labute approximate surface area is 117 Å². The molecule has 4 rings (SSSR count). The maximum absolute atomic E-state index is 6.05. The third kappa shape index (κ3) is 1.89. The smallest absolute Gasteiger partial charge is 0.240 e. The number of aromatic nitrogens is 1. The summed E-state index contributed by atoms with van der Waals surface area (Å²) in [7, 11) is 0. The molecule has 2 aliphatic heterocycles. The van der Waals surface area contributed by atoms with Gasteiger partial charge >= 0.3 is 0 Å². The van der Waals surface area contributed by atoms with Crippen molar-refractivity contribution >= 4 is 11.9 Å². The van der Waals surface area contributed by atoms with E-state index in [4.69, 9.17) is 4.74 Å². The first-order chi connectivity index (χ1) is 9.85. The minimum Gasteiger partial charge on any atom is -0.462 e. The Kier molecular flexibility index (Phi) is 2.57. The molecule has 0 radical (unpaired) electrons. The highest BCUT2D eigenvalue weighted by molar-refractivity contribution is 5.79. The van der Waals surface area contributed by atoms with E-state index in [9.17, 15) is 0 Å². The zero-order chi connectivity index (χ0) is 13.4. The van der Waals surface area contributed by atoms with Crippen molar-refractivity contribution in [2.24, 2.45) is 4.99 Å². The van der Waals surface area contributed by atoms with Crippen molar-refractivity contribution in [3.8, 4) is 17.0 Å². The number of ether oxygens (including phenoxy) is 1. The number of nitrogens with zero attached hydrogens (tertiary/aromatic N) is 2. The summed E-state index contributed by atoms with van der Waals surface area (Å²) in [4.78, 5) is 9.01. The summed E-state index contributed by atoms with van der Waals surface area (Å²) in [6.45, 7) is 1.77. The predicted molar refractivity (Wildman–Crippen MR) is 78.7 cm³/mol. The summed E-state index contributed by atoms with van der Waals surface area (Å²) in [5.41, 5.74) is 2.71. The molecule has 2 aromatic rings. The molecule has 0 amide bonds. The minimum absolute atomic E-state index is 0.297. The highest BCUT2D eigenvalue weighted by Crippen LogP contribution is 2.36. The third-order valence-electron chi connectivity index (χ3n) is 3.83. The van der Waals surface area contributed by atoms with Crippen LogP contribution in [0.4, 0.5) is 5.69 Å². The number of aliphatic imine (C=N–C) groups is 1. The van der Waals surface area contributed by atoms with Crippen molar-refractivity contribution in [1.29, 1.82) is 0 Å². The van der Waals surface area contributed by atoms with Gasteiger partial charge in [0.1, 0.15) is 5.69 Å². The van der Waals surface area contributed by atoms with Gasteiger partial charge in [-0.25, -0.2) is 4.98 Å². The van der Waals surface area contributed by atoms with Crippen molar-refractivity contribution in [3.05, 3.63) is 42.6 Å². The fourth-order valence-electron chi connectivity index (χ4n) is 2.69.